The van der Waals surface area contributed by atoms with Gasteiger partial charge in [0.05, 0.1) is 13.5 Å². The van der Waals surface area contributed by atoms with Gasteiger partial charge in [-0.1, -0.05) is 6.07 Å². The van der Waals surface area contributed by atoms with Crippen molar-refractivity contribution < 1.29 is 29.6 Å². The Kier molecular flexibility index (Phi) is 4.85. The molecule has 19 heavy (non-hydrogen) atoms. The van der Waals surface area contributed by atoms with Crippen molar-refractivity contribution in [1.29, 1.82) is 0 Å². The quantitative estimate of drug-likeness (QED) is 0.535. The average Bonchev–Trinajstić information content (AvgIpc) is 2.36. The Balaban J connectivity index is 3.20. The Hall–Kier alpha value is -2.12. The van der Waals surface area contributed by atoms with E-state index in [1.54, 1.807) is 0 Å². The largest absolute Gasteiger partial charge is 0.497 e. The van der Waals surface area contributed by atoms with Gasteiger partial charge < -0.3 is 25.8 Å². The minimum Gasteiger partial charge on any atom is -0.497 e. The van der Waals surface area contributed by atoms with Crippen LogP contribution in [0.2, 0.25) is 0 Å². The number of hydrogen-bond donors (Lipinski definition) is 4. The molecule has 7 nitrogen and oxygen atoms in total. The topological polar surface area (TPSA) is 130 Å². The first-order valence-corrected chi connectivity index (χ1v) is 5.41. The molecule has 0 aliphatic heterocycles. The molecule has 0 saturated heterocycles. The summed E-state index contributed by atoms with van der Waals surface area (Å²) in [5, 5.41) is 28.1. The normalized spacial score (nSPS) is 13.6. The first-order chi connectivity index (χ1) is 8.86. The molecule has 5 N–H and O–H groups in total. The van der Waals surface area contributed by atoms with Gasteiger partial charge in [0.15, 0.2) is 6.10 Å². The molecule has 1 rings (SSSR count). The van der Waals surface area contributed by atoms with E-state index in [-0.39, 0.29) is 17.5 Å². The summed E-state index contributed by atoms with van der Waals surface area (Å²) in [6.45, 7) is 0. The van der Waals surface area contributed by atoms with Crippen LogP contribution in [0.4, 0.5) is 0 Å². The Morgan fingerprint density at radius 2 is 2.00 bits per heavy atom. The van der Waals surface area contributed by atoms with Crippen molar-refractivity contribution in [3.05, 3.63) is 29.3 Å². The molecule has 0 fully saturated rings. The lowest BCUT2D eigenvalue weighted by Gasteiger charge is -2.19. The molecule has 0 heterocycles. The maximum atomic E-state index is 10.9. The smallest absolute Gasteiger partial charge is 0.307 e. The van der Waals surface area contributed by atoms with E-state index in [9.17, 15) is 19.8 Å². The van der Waals surface area contributed by atoms with Gasteiger partial charge in [0.2, 0.25) is 5.91 Å². The van der Waals surface area contributed by atoms with Crippen LogP contribution in [0, 0.1) is 0 Å². The fourth-order valence-corrected chi connectivity index (χ4v) is 1.62. The van der Waals surface area contributed by atoms with E-state index in [2.05, 4.69) is 0 Å². The van der Waals surface area contributed by atoms with Crippen LogP contribution in [0.15, 0.2) is 18.2 Å². The second kappa shape index (κ2) is 6.17. The molecule has 0 saturated carbocycles. The van der Waals surface area contributed by atoms with Crippen LogP contribution in [0.1, 0.15) is 17.2 Å². The number of amides is 1. The zero-order valence-electron chi connectivity index (χ0n) is 10.2. The third-order valence-electron chi connectivity index (χ3n) is 2.60. The molecular formula is C12H15NO6. The number of rotatable bonds is 6. The monoisotopic (exact) mass is 269 g/mol. The first-order valence-electron chi connectivity index (χ1n) is 5.41. The molecule has 1 aromatic carbocycles. The number of aliphatic carboxylic acids is 1. The van der Waals surface area contributed by atoms with Gasteiger partial charge in [0, 0.05) is 0 Å². The van der Waals surface area contributed by atoms with Crippen LogP contribution in [-0.2, 0) is 16.0 Å². The molecule has 0 spiro atoms. The number of benzene rings is 1. The Bertz CT molecular complexity index is 487. The Labute approximate surface area is 109 Å². The first kappa shape index (κ1) is 14.9. The number of nitrogens with two attached hydrogens (primary N) is 1. The lowest BCUT2D eigenvalue weighted by atomic mass is 9.96. The lowest BCUT2D eigenvalue weighted by molar-refractivity contribution is -0.136. The average molecular weight is 269 g/mol. The molecule has 2 atom stereocenters. The number of carboxylic acid groups (broad SMARTS) is 1. The number of carbonyl (C=O) groups excluding carboxylic acids is 1. The van der Waals surface area contributed by atoms with Crippen molar-refractivity contribution in [2.24, 2.45) is 5.73 Å². The van der Waals surface area contributed by atoms with Crippen molar-refractivity contribution in [3.8, 4) is 5.75 Å². The standard InChI is InChI=1S/C12H15NO6/c1-19-7-3-2-6(4-9(14)15)8(5-7)10(16)11(17)12(13)18/h2-3,5,10-11,16-17H,4H2,1H3,(H2,13,18)(H,14,15). The van der Waals surface area contributed by atoms with Crippen LogP contribution in [0.5, 0.6) is 5.75 Å². The molecule has 2 unspecified atom stereocenters. The van der Waals surface area contributed by atoms with Gasteiger partial charge in [-0.25, -0.2) is 0 Å². The van der Waals surface area contributed by atoms with Crippen molar-refractivity contribution in [2.45, 2.75) is 18.6 Å². The molecule has 7 heteroatoms. The predicted molar refractivity (Wildman–Crippen MR) is 64.5 cm³/mol. The van der Waals surface area contributed by atoms with Crippen LogP contribution in [-0.4, -0.2) is 40.4 Å². The third kappa shape index (κ3) is 3.67. The van der Waals surface area contributed by atoms with Crippen molar-refractivity contribution in [1.82, 2.24) is 0 Å². The van der Waals surface area contributed by atoms with E-state index in [4.69, 9.17) is 15.6 Å². The highest BCUT2D eigenvalue weighted by Crippen LogP contribution is 2.26. The van der Waals surface area contributed by atoms with Gasteiger partial charge in [0.25, 0.3) is 0 Å². The summed E-state index contributed by atoms with van der Waals surface area (Å²) >= 11 is 0. The summed E-state index contributed by atoms with van der Waals surface area (Å²) in [4.78, 5) is 21.6. The van der Waals surface area contributed by atoms with Gasteiger partial charge in [-0.05, 0) is 23.3 Å². The zero-order valence-corrected chi connectivity index (χ0v) is 10.2. The lowest BCUT2D eigenvalue weighted by Crippen LogP contribution is -2.34. The van der Waals surface area contributed by atoms with Crippen molar-refractivity contribution in [3.63, 3.8) is 0 Å². The third-order valence-corrected chi connectivity index (χ3v) is 2.60. The number of primary amides is 1. The van der Waals surface area contributed by atoms with Gasteiger partial charge in [0.1, 0.15) is 11.9 Å². The highest BCUT2D eigenvalue weighted by molar-refractivity contribution is 5.79. The molecule has 0 radical (unpaired) electrons. The summed E-state index contributed by atoms with van der Waals surface area (Å²) in [7, 11) is 1.40. The summed E-state index contributed by atoms with van der Waals surface area (Å²) in [6.07, 6.45) is -3.79. The number of carbonyl (C=O) groups is 2. The highest BCUT2D eigenvalue weighted by Gasteiger charge is 2.26. The van der Waals surface area contributed by atoms with Gasteiger partial charge in [-0.15, -0.1) is 0 Å². The summed E-state index contributed by atoms with van der Waals surface area (Å²) in [6, 6.07) is 4.32. The number of aliphatic hydroxyl groups is 2. The van der Waals surface area contributed by atoms with Gasteiger partial charge in [-0.2, -0.15) is 0 Å². The minimum atomic E-state index is -1.82. The minimum absolute atomic E-state index is 0.0908. The van der Waals surface area contributed by atoms with E-state index in [1.807, 2.05) is 0 Å². The number of hydrogen-bond acceptors (Lipinski definition) is 5. The SMILES string of the molecule is COc1ccc(CC(=O)O)c(C(O)C(O)C(N)=O)c1. The van der Waals surface area contributed by atoms with Gasteiger partial charge in [-0.3, -0.25) is 9.59 Å². The van der Waals surface area contributed by atoms with Crippen LogP contribution in [0.25, 0.3) is 0 Å². The highest BCUT2D eigenvalue weighted by atomic mass is 16.5. The van der Waals surface area contributed by atoms with E-state index in [1.165, 1.54) is 25.3 Å². The molecular weight excluding hydrogens is 254 g/mol. The summed E-state index contributed by atoms with van der Waals surface area (Å²) in [5.41, 5.74) is 5.26. The molecule has 0 aromatic heterocycles. The van der Waals surface area contributed by atoms with Crippen LogP contribution < -0.4 is 10.5 Å². The molecule has 1 aromatic rings. The second-order valence-electron chi connectivity index (χ2n) is 3.93. The number of methoxy groups -OCH3 is 1. The number of ether oxygens (including phenoxy) is 1. The predicted octanol–water partition coefficient (Wildman–Crippen LogP) is -0.798. The molecule has 0 bridgehead atoms. The van der Waals surface area contributed by atoms with E-state index in [0.29, 0.717) is 5.75 Å². The molecule has 1 amide bonds. The van der Waals surface area contributed by atoms with Crippen LogP contribution >= 0.6 is 0 Å². The Morgan fingerprint density at radius 3 is 2.47 bits per heavy atom. The van der Waals surface area contributed by atoms with E-state index >= 15 is 0 Å². The van der Waals surface area contributed by atoms with Gasteiger partial charge >= 0.3 is 5.97 Å². The fourth-order valence-electron chi connectivity index (χ4n) is 1.62. The summed E-state index contributed by atoms with van der Waals surface area (Å²) < 4.78 is 4.95. The number of carboxylic acids is 1. The fraction of sp³-hybridized carbons (Fsp3) is 0.333. The van der Waals surface area contributed by atoms with Crippen molar-refractivity contribution in [2.75, 3.05) is 7.11 Å². The maximum Gasteiger partial charge on any atom is 0.307 e. The van der Waals surface area contributed by atoms with E-state index < -0.39 is 24.1 Å². The zero-order chi connectivity index (χ0) is 14.6. The molecule has 0 aliphatic carbocycles. The van der Waals surface area contributed by atoms with Crippen molar-refractivity contribution >= 4 is 11.9 Å². The second-order valence-corrected chi connectivity index (χ2v) is 3.93. The number of aliphatic hydroxyl groups excluding tert-OH is 2. The van der Waals surface area contributed by atoms with Crippen LogP contribution in [0.3, 0.4) is 0 Å². The molecule has 104 valence electrons. The summed E-state index contributed by atoms with van der Waals surface area (Å²) in [5.74, 6) is -1.84. The molecule has 0 aliphatic rings. The Morgan fingerprint density at radius 1 is 1.37 bits per heavy atom. The van der Waals surface area contributed by atoms with E-state index in [0.717, 1.165) is 0 Å². The maximum absolute atomic E-state index is 10.9.